The van der Waals surface area contributed by atoms with Crippen LogP contribution in [0, 0.1) is 0 Å². The standard InChI is InChI=1S/C19H21N3O6S/c1-21(2)15(12-4-7-16-18(8-12)27-11-26-16)10-20-29(24,25)13-5-6-14-17(9-13)28-19(23)22(14)3/h4-9,15,20H,10-11H2,1-3H3. The average Bonchev–Trinajstić information content (AvgIpc) is 3.25. The largest absolute Gasteiger partial charge is 0.454 e. The lowest BCUT2D eigenvalue weighted by Crippen LogP contribution is -2.34. The summed E-state index contributed by atoms with van der Waals surface area (Å²) in [5, 5.41) is 0. The van der Waals surface area contributed by atoms with E-state index >= 15 is 0 Å². The van der Waals surface area contributed by atoms with Crippen molar-refractivity contribution >= 4 is 21.1 Å². The van der Waals surface area contributed by atoms with E-state index in [4.69, 9.17) is 13.9 Å². The summed E-state index contributed by atoms with van der Waals surface area (Å²) in [5.74, 6) is 0.768. The van der Waals surface area contributed by atoms with Crippen molar-refractivity contribution in [2.75, 3.05) is 27.4 Å². The van der Waals surface area contributed by atoms with Crippen LogP contribution in [-0.2, 0) is 17.1 Å². The van der Waals surface area contributed by atoms with Crippen molar-refractivity contribution in [2.24, 2.45) is 7.05 Å². The number of benzene rings is 2. The fourth-order valence-electron chi connectivity index (χ4n) is 3.27. The molecule has 0 spiro atoms. The second-order valence-electron chi connectivity index (χ2n) is 7.00. The zero-order valence-corrected chi connectivity index (χ0v) is 17.0. The van der Waals surface area contributed by atoms with Gasteiger partial charge in [-0.25, -0.2) is 17.9 Å². The first kappa shape index (κ1) is 19.5. The summed E-state index contributed by atoms with van der Waals surface area (Å²) in [5.41, 5.74) is 1.65. The van der Waals surface area contributed by atoms with Crippen molar-refractivity contribution in [1.82, 2.24) is 14.2 Å². The molecule has 0 saturated carbocycles. The summed E-state index contributed by atoms with van der Waals surface area (Å²) in [4.78, 5) is 13.6. The van der Waals surface area contributed by atoms with Gasteiger partial charge in [-0.15, -0.1) is 0 Å². The van der Waals surface area contributed by atoms with Gasteiger partial charge in [0.25, 0.3) is 0 Å². The minimum Gasteiger partial charge on any atom is -0.454 e. The van der Waals surface area contributed by atoms with Crippen LogP contribution < -0.4 is 20.0 Å². The normalized spacial score (nSPS) is 14.6. The predicted molar refractivity (Wildman–Crippen MR) is 106 cm³/mol. The van der Waals surface area contributed by atoms with E-state index in [2.05, 4.69) is 4.72 Å². The number of fused-ring (bicyclic) bond motifs is 2. The summed E-state index contributed by atoms with van der Waals surface area (Å²) in [6.07, 6.45) is 0. The zero-order valence-electron chi connectivity index (χ0n) is 16.2. The monoisotopic (exact) mass is 419 g/mol. The van der Waals surface area contributed by atoms with Crippen molar-refractivity contribution in [1.29, 1.82) is 0 Å². The molecule has 1 atom stereocenters. The SMILES string of the molecule is CN(C)C(CNS(=O)(=O)c1ccc2c(c1)oc(=O)n2C)c1ccc2c(c1)OCO2. The number of hydrogen-bond donors (Lipinski definition) is 1. The van der Waals surface area contributed by atoms with Gasteiger partial charge in [-0.3, -0.25) is 4.57 Å². The number of nitrogens with zero attached hydrogens (tertiary/aromatic N) is 2. The second-order valence-corrected chi connectivity index (χ2v) is 8.77. The Kier molecular flexibility index (Phi) is 4.85. The molecule has 3 aromatic rings. The number of hydrogen-bond acceptors (Lipinski definition) is 7. The topological polar surface area (TPSA) is 103 Å². The van der Waals surface area contributed by atoms with Crippen molar-refractivity contribution in [3.63, 3.8) is 0 Å². The third kappa shape index (κ3) is 3.61. The maximum absolute atomic E-state index is 12.8. The third-order valence-electron chi connectivity index (χ3n) is 4.95. The van der Waals surface area contributed by atoms with Crippen LogP contribution in [0.1, 0.15) is 11.6 Å². The van der Waals surface area contributed by atoms with Crippen molar-refractivity contribution in [3.8, 4) is 11.5 Å². The predicted octanol–water partition coefficient (Wildman–Crippen LogP) is 1.44. The van der Waals surface area contributed by atoms with Gasteiger partial charge in [-0.05, 0) is 43.9 Å². The molecule has 1 aliphatic heterocycles. The van der Waals surface area contributed by atoms with Gasteiger partial charge in [0.1, 0.15) is 0 Å². The molecule has 1 N–H and O–H groups in total. The molecule has 154 valence electrons. The Bertz CT molecular complexity index is 1230. The van der Waals surface area contributed by atoms with E-state index in [0.717, 1.165) is 5.56 Å². The Morgan fingerprint density at radius 2 is 1.90 bits per heavy atom. The second kappa shape index (κ2) is 7.21. The molecule has 0 aliphatic carbocycles. The molecule has 2 heterocycles. The summed E-state index contributed by atoms with van der Waals surface area (Å²) in [6.45, 7) is 0.321. The van der Waals surface area contributed by atoms with Crippen LogP contribution in [0.4, 0.5) is 0 Å². The van der Waals surface area contributed by atoms with Crippen molar-refractivity contribution < 1.29 is 22.3 Å². The number of sulfonamides is 1. The maximum Gasteiger partial charge on any atom is 0.419 e. The van der Waals surface area contributed by atoms with Crippen LogP contribution in [-0.4, -0.2) is 45.3 Å². The average molecular weight is 419 g/mol. The Balaban J connectivity index is 1.57. The summed E-state index contributed by atoms with van der Waals surface area (Å²) in [7, 11) is 1.49. The van der Waals surface area contributed by atoms with Crippen LogP contribution in [0.3, 0.4) is 0 Å². The maximum atomic E-state index is 12.8. The molecule has 0 saturated heterocycles. The number of rotatable bonds is 6. The Morgan fingerprint density at radius 3 is 2.66 bits per heavy atom. The molecule has 0 bridgehead atoms. The highest BCUT2D eigenvalue weighted by Gasteiger charge is 2.23. The number of oxazole rings is 1. The van der Waals surface area contributed by atoms with E-state index < -0.39 is 15.8 Å². The minimum absolute atomic E-state index is 0.0301. The molecule has 0 radical (unpaired) electrons. The first-order valence-electron chi connectivity index (χ1n) is 8.91. The van der Waals surface area contributed by atoms with Gasteiger partial charge in [-0.2, -0.15) is 0 Å². The molecule has 1 aromatic heterocycles. The first-order valence-corrected chi connectivity index (χ1v) is 10.4. The highest BCUT2D eigenvalue weighted by Crippen LogP contribution is 2.35. The molecule has 4 rings (SSSR count). The molecule has 0 amide bonds. The van der Waals surface area contributed by atoms with Gasteiger partial charge < -0.3 is 18.8 Å². The number of likely N-dealkylation sites (N-methyl/N-ethyl adjacent to an activating group) is 1. The number of nitrogens with one attached hydrogen (secondary N) is 1. The lowest BCUT2D eigenvalue weighted by Gasteiger charge is -2.25. The van der Waals surface area contributed by atoms with Gasteiger partial charge in [0.05, 0.1) is 10.4 Å². The summed E-state index contributed by atoms with van der Waals surface area (Å²) in [6, 6.07) is 9.68. The molecular weight excluding hydrogens is 398 g/mol. The van der Waals surface area contributed by atoms with Gasteiger partial charge in [-0.1, -0.05) is 6.07 Å². The van der Waals surface area contributed by atoms with E-state index in [0.29, 0.717) is 17.0 Å². The van der Waals surface area contributed by atoms with Gasteiger partial charge >= 0.3 is 5.76 Å². The molecule has 0 fully saturated rings. The molecule has 29 heavy (non-hydrogen) atoms. The molecular formula is C19H21N3O6S. The van der Waals surface area contributed by atoms with Crippen LogP contribution in [0.2, 0.25) is 0 Å². The molecule has 10 heteroatoms. The third-order valence-corrected chi connectivity index (χ3v) is 6.37. The Hall–Kier alpha value is -2.82. The van der Waals surface area contributed by atoms with Gasteiger partial charge in [0, 0.05) is 25.7 Å². The highest BCUT2D eigenvalue weighted by atomic mass is 32.2. The van der Waals surface area contributed by atoms with E-state index in [1.807, 2.05) is 37.2 Å². The Labute approximate surface area is 167 Å². The fourth-order valence-corrected chi connectivity index (χ4v) is 4.33. The van der Waals surface area contributed by atoms with Crippen LogP contribution in [0.25, 0.3) is 11.1 Å². The summed E-state index contributed by atoms with van der Waals surface area (Å²) < 4.78 is 45.4. The van der Waals surface area contributed by atoms with Crippen LogP contribution >= 0.6 is 0 Å². The van der Waals surface area contributed by atoms with E-state index in [9.17, 15) is 13.2 Å². The number of ether oxygens (including phenoxy) is 2. The van der Waals surface area contributed by atoms with Gasteiger partial charge in [0.2, 0.25) is 16.8 Å². The van der Waals surface area contributed by atoms with E-state index in [-0.39, 0.29) is 29.9 Å². The lowest BCUT2D eigenvalue weighted by molar-refractivity contribution is 0.174. The number of aryl methyl sites for hydroxylation is 1. The minimum atomic E-state index is -3.81. The smallest absolute Gasteiger partial charge is 0.419 e. The lowest BCUT2D eigenvalue weighted by atomic mass is 10.1. The molecule has 1 unspecified atom stereocenters. The fraction of sp³-hybridized carbons (Fsp3) is 0.316. The number of aromatic nitrogens is 1. The van der Waals surface area contributed by atoms with E-state index in [1.165, 1.54) is 16.7 Å². The van der Waals surface area contributed by atoms with E-state index in [1.54, 1.807) is 13.1 Å². The molecule has 2 aromatic carbocycles. The van der Waals surface area contributed by atoms with Crippen molar-refractivity contribution in [3.05, 3.63) is 52.5 Å². The molecule has 9 nitrogen and oxygen atoms in total. The first-order chi connectivity index (χ1) is 13.8. The Morgan fingerprint density at radius 1 is 1.14 bits per heavy atom. The quantitative estimate of drug-likeness (QED) is 0.645. The van der Waals surface area contributed by atoms with Gasteiger partial charge in [0.15, 0.2) is 17.1 Å². The van der Waals surface area contributed by atoms with Crippen molar-refractivity contribution in [2.45, 2.75) is 10.9 Å². The summed E-state index contributed by atoms with van der Waals surface area (Å²) >= 11 is 0. The molecule has 1 aliphatic rings. The highest BCUT2D eigenvalue weighted by molar-refractivity contribution is 7.89. The zero-order chi connectivity index (χ0) is 20.8. The van der Waals surface area contributed by atoms with Crippen LogP contribution in [0.15, 0.2) is 50.5 Å². The van der Waals surface area contributed by atoms with Crippen LogP contribution in [0.5, 0.6) is 11.5 Å².